The highest BCUT2D eigenvalue weighted by Gasteiger charge is 2.14. The van der Waals surface area contributed by atoms with Crippen LogP contribution in [0.1, 0.15) is 12.5 Å². The van der Waals surface area contributed by atoms with Gasteiger partial charge in [-0.25, -0.2) is 0 Å². The first kappa shape index (κ1) is 17.3. The fraction of sp³-hybridized carbons (Fsp3) is 0.333. The molecule has 0 aliphatic heterocycles. The zero-order valence-corrected chi connectivity index (χ0v) is 14.6. The summed E-state index contributed by atoms with van der Waals surface area (Å²) in [5, 5.41) is 9.12. The third kappa shape index (κ3) is 4.36. The summed E-state index contributed by atoms with van der Waals surface area (Å²) >= 11 is 2.14. The van der Waals surface area contributed by atoms with Crippen molar-refractivity contribution in [1.82, 2.24) is 4.90 Å². The zero-order valence-electron chi connectivity index (χ0n) is 12.4. The van der Waals surface area contributed by atoms with Gasteiger partial charge in [0.2, 0.25) is 0 Å². The van der Waals surface area contributed by atoms with E-state index in [1.165, 1.54) is 4.90 Å². The molecule has 0 radical (unpaired) electrons. The second-order valence-corrected chi connectivity index (χ2v) is 5.50. The molecule has 0 aliphatic rings. The predicted molar refractivity (Wildman–Crippen MR) is 89.2 cm³/mol. The van der Waals surface area contributed by atoms with Crippen molar-refractivity contribution in [2.45, 2.75) is 6.92 Å². The number of nitriles is 1. The number of nitrogens with zero attached hydrogens (tertiary/aromatic N) is 2. The van der Waals surface area contributed by atoms with Crippen LogP contribution in [-0.4, -0.2) is 38.6 Å². The third-order valence-corrected chi connectivity index (χ3v) is 3.41. The van der Waals surface area contributed by atoms with E-state index in [9.17, 15) is 4.79 Å². The van der Waals surface area contributed by atoms with Gasteiger partial charge in [-0.2, -0.15) is 5.26 Å². The van der Waals surface area contributed by atoms with Crippen molar-refractivity contribution in [2.75, 3.05) is 27.8 Å². The topological polar surface area (TPSA) is 62.6 Å². The minimum atomic E-state index is -0.333. The molecule has 1 aromatic carbocycles. The Balaban J connectivity index is 3.29. The first-order valence-electron chi connectivity index (χ1n) is 6.28. The monoisotopic (exact) mass is 400 g/mol. The number of carbonyl (C=O) groups is 1. The van der Waals surface area contributed by atoms with E-state index >= 15 is 0 Å². The Labute approximate surface area is 138 Å². The van der Waals surface area contributed by atoms with E-state index in [-0.39, 0.29) is 11.5 Å². The Morgan fingerprint density at radius 1 is 1.48 bits per heavy atom. The number of halogens is 1. The lowest BCUT2D eigenvalue weighted by atomic mass is 10.1. The highest BCUT2D eigenvalue weighted by atomic mass is 127. The predicted octanol–water partition coefficient (Wildman–Crippen LogP) is 2.69. The molecule has 0 saturated carbocycles. The van der Waals surface area contributed by atoms with Crippen molar-refractivity contribution in [1.29, 1.82) is 5.26 Å². The number of ether oxygens (including phenoxy) is 2. The lowest BCUT2D eigenvalue weighted by Crippen LogP contribution is -2.22. The van der Waals surface area contributed by atoms with Crippen LogP contribution in [0.2, 0.25) is 0 Å². The van der Waals surface area contributed by atoms with Gasteiger partial charge < -0.3 is 14.4 Å². The Bertz CT molecular complexity index is 604. The summed E-state index contributed by atoms with van der Waals surface area (Å²) in [6.07, 6.45) is 1.54. The van der Waals surface area contributed by atoms with Gasteiger partial charge in [-0.15, -0.1) is 0 Å². The van der Waals surface area contributed by atoms with E-state index in [0.29, 0.717) is 23.7 Å². The molecule has 0 heterocycles. The SMILES string of the molecule is CCOc1c(I)cc(/C=C(\C#N)C(=O)N(C)C)cc1OC. The molecule has 112 valence electrons. The molecule has 0 aromatic heterocycles. The van der Waals surface area contributed by atoms with Gasteiger partial charge in [0.25, 0.3) is 5.91 Å². The van der Waals surface area contributed by atoms with Gasteiger partial charge in [0.05, 0.1) is 17.3 Å². The van der Waals surface area contributed by atoms with Crippen LogP contribution in [0.4, 0.5) is 0 Å². The molecule has 0 fully saturated rings. The fourth-order valence-electron chi connectivity index (χ4n) is 1.66. The van der Waals surface area contributed by atoms with Crippen LogP contribution >= 0.6 is 22.6 Å². The second kappa shape index (κ2) is 7.88. The molecule has 0 aliphatic carbocycles. The van der Waals surface area contributed by atoms with Crippen molar-refractivity contribution >= 4 is 34.6 Å². The maximum absolute atomic E-state index is 11.9. The van der Waals surface area contributed by atoms with Crippen LogP contribution in [0.15, 0.2) is 17.7 Å². The molecule has 1 amide bonds. The lowest BCUT2D eigenvalue weighted by Gasteiger charge is -2.13. The normalized spacial score (nSPS) is 10.8. The first-order chi connectivity index (χ1) is 9.94. The molecule has 0 spiro atoms. The molecule has 0 saturated heterocycles. The number of carbonyl (C=O) groups excluding carboxylic acids is 1. The molecule has 6 heteroatoms. The zero-order chi connectivity index (χ0) is 16.0. The van der Waals surface area contributed by atoms with E-state index < -0.39 is 0 Å². The van der Waals surface area contributed by atoms with Crippen molar-refractivity contribution < 1.29 is 14.3 Å². The van der Waals surface area contributed by atoms with Crippen LogP contribution < -0.4 is 9.47 Å². The third-order valence-electron chi connectivity index (χ3n) is 2.61. The molecule has 0 atom stereocenters. The minimum absolute atomic E-state index is 0.0713. The van der Waals surface area contributed by atoms with E-state index in [1.54, 1.807) is 33.3 Å². The van der Waals surface area contributed by atoms with Crippen LogP contribution in [0.5, 0.6) is 11.5 Å². The number of amides is 1. The lowest BCUT2D eigenvalue weighted by molar-refractivity contribution is -0.124. The maximum atomic E-state index is 11.9. The molecular formula is C15H17IN2O3. The average Bonchev–Trinajstić information content (AvgIpc) is 2.46. The van der Waals surface area contributed by atoms with Gasteiger partial charge in [-0.3, -0.25) is 4.79 Å². The van der Waals surface area contributed by atoms with Crippen molar-refractivity contribution in [3.8, 4) is 17.6 Å². The van der Waals surface area contributed by atoms with Gasteiger partial charge in [-0.05, 0) is 53.3 Å². The summed E-state index contributed by atoms with van der Waals surface area (Å²) in [4.78, 5) is 13.2. The van der Waals surface area contributed by atoms with Crippen LogP contribution in [0.25, 0.3) is 6.08 Å². The maximum Gasteiger partial charge on any atom is 0.264 e. The van der Waals surface area contributed by atoms with E-state index in [1.807, 2.05) is 19.1 Å². The van der Waals surface area contributed by atoms with Crippen molar-refractivity contribution in [3.05, 3.63) is 26.8 Å². The average molecular weight is 400 g/mol. The Morgan fingerprint density at radius 2 is 2.14 bits per heavy atom. The molecule has 0 unspecified atom stereocenters. The summed E-state index contributed by atoms with van der Waals surface area (Å²) in [6, 6.07) is 5.51. The quantitative estimate of drug-likeness (QED) is 0.433. The van der Waals surface area contributed by atoms with E-state index in [4.69, 9.17) is 14.7 Å². The fourth-order valence-corrected chi connectivity index (χ4v) is 2.44. The number of methoxy groups -OCH3 is 1. The number of hydrogen-bond acceptors (Lipinski definition) is 4. The van der Waals surface area contributed by atoms with Crippen molar-refractivity contribution in [2.24, 2.45) is 0 Å². The van der Waals surface area contributed by atoms with Gasteiger partial charge in [-0.1, -0.05) is 0 Å². The molecule has 0 N–H and O–H groups in total. The second-order valence-electron chi connectivity index (χ2n) is 4.34. The summed E-state index contributed by atoms with van der Waals surface area (Å²) in [6.45, 7) is 2.43. The molecule has 1 rings (SSSR count). The standard InChI is InChI=1S/C15H17IN2O3/c1-5-21-14-12(16)7-10(8-13(14)20-4)6-11(9-17)15(19)18(2)3/h6-8H,5H2,1-4H3/b11-6+. The number of hydrogen-bond donors (Lipinski definition) is 0. The number of rotatable bonds is 5. The molecule has 5 nitrogen and oxygen atoms in total. The Kier molecular flexibility index (Phi) is 6.49. The molecular weight excluding hydrogens is 383 g/mol. The Hall–Kier alpha value is -1.75. The van der Waals surface area contributed by atoms with Gasteiger partial charge in [0.1, 0.15) is 11.6 Å². The Morgan fingerprint density at radius 3 is 2.62 bits per heavy atom. The highest BCUT2D eigenvalue weighted by Crippen LogP contribution is 2.34. The van der Waals surface area contributed by atoms with E-state index in [0.717, 1.165) is 3.57 Å². The van der Waals surface area contributed by atoms with Gasteiger partial charge in [0.15, 0.2) is 11.5 Å². The van der Waals surface area contributed by atoms with Crippen LogP contribution in [-0.2, 0) is 4.79 Å². The molecule has 21 heavy (non-hydrogen) atoms. The summed E-state index contributed by atoms with van der Waals surface area (Å²) in [5.41, 5.74) is 0.786. The first-order valence-corrected chi connectivity index (χ1v) is 7.36. The number of likely N-dealkylation sites (N-methyl/N-ethyl adjacent to an activating group) is 1. The summed E-state index contributed by atoms with van der Waals surface area (Å²) < 4.78 is 11.7. The van der Waals surface area contributed by atoms with E-state index in [2.05, 4.69) is 22.6 Å². The van der Waals surface area contributed by atoms with Crippen LogP contribution in [0, 0.1) is 14.9 Å². The van der Waals surface area contributed by atoms with Crippen LogP contribution in [0.3, 0.4) is 0 Å². The largest absolute Gasteiger partial charge is 0.493 e. The highest BCUT2D eigenvalue weighted by molar-refractivity contribution is 14.1. The summed E-state index contributed by atoms with van der Waals surface area (Å²) in [5.74, 6) is 0.903. The smallest absolute Gasteiger partial charge is 0.264 e. The summed E-state index contributed by atoms with van der Waals surface area (Å²) in [7, 11) is 4.77. The van der Waals surface area contributed by atoms with Crippen molar-refractivity contribution in [3.63, 3.8) is 0 Å². The van der Waals surface area contributed by atoms with Gasteiger partial charge in [0, 0.05) is 14.1 Å². The van der Waals surface area contributed by atoms with Gasteiger partial charge >= 0.3 is 0 Å². The minimum Gasteiger partial charge on any atom is -0.493 e. The number of benzene rings is 1. The molecule has 0 bridgehead atoms. The molecule has 1 aromatic rings.